The van der Waals surface area contributed by atoms with Crippen LogP contribution in [0.2, 0.25) is 0 Å². The van der Waals surface area contributed by atoms with Crippen LogP contribution in [0.4, 0.5) is 5.69 Å². The van der Waals surface area contributed by atoms with Crippen molar-refractivity contribution >= 4 is 39.5 Å². The van der Waals surface area contributed by atoms with Crippen molar-refractivity contribution in [2.24, 2.45) is 27.2 Å². The summed E-state index contributed by atoms with van der Waals surface area (Å²) in [6, 6.07) is 3.01. The summed E-state index contributed by atoms with van der Waals surface area (Å²) in [5, 5.41) is 0. The molecular formula is C11H14BrN5O3. The van der Waals surface area contributed by atoms with Crippen molar-refractivity contribution in [1.29, 1.82) is 0 Å². The lowest BCUT2D eigenvalue weighted by molar-refractivity contribution is 0.0601. The van der Waals surface area contributed by atoms with Gasteiger partial charge in [0.25, 0.3) is 0 Å². The maximum absolute atomic E-state index is 11.7. The quantitative estimate of drug-likeness (QED) is 0.414. The van der Waals surface area contributed by atoms with Gasteiger partial charge in [-0.25, -0.2) is 9.79 Å². The SMILES string of the molecule is COC(=O)c1cc(Br)c(OC)cc1N=C(N)N=C(N)N. The highest BCUT2D eigenvalue weighted by Crippen LogP contribution is 2.33. The Labute approximate surface area is 123 Å². The fourth-order valence-electron chi connectivity index (χ4n) is 1.35. The average molecular weight is 344 g/mol. The number of carbonyl (C=O) groups excluding carboxylic acids is 1. The van der Waals surface area contributed by atoms with Crippen molar-refractivity contribution in [3.05, 3.63) is 22.2 Å². The van der Waals surface area contributed by atoms with Gasteiger partial charge in [-0.1, -0.05) is 0 Å². The third kappa shape index (κ3) is 3.85. The molecule has 0 unspecified atom stereocenters. The summed E-state index contributed by atoms with van der Waals surface area (Å²) >= 11 is 3.27. The van der Waals surface area contributed by atoms with E-state index >= 15 is 0 Å². The molecule has 0 amide bonds. The number of benzene rings is 1. The summed E-state index contributed by atoms with van der Waals surface area (Å²) in [5.41, 5.74) is 16.3. The Balaban J connectivity index is 3.42. The molecule has 0 fully saturated rings. The van der Waals surface area contributed by atoms with Crippen LogP contribution >= 0.6 is 15.9 Å². The highest BCUT2D eigenvalue weighted by Gasteiger charge is 2.16. The van der Waals surface area contributed by atoms with E-state index in [1.54, 1.807) is 0 Å². The van der Waals surface area contributed by atoms with Gasteiger partial charge >= 0.3 is 5.97 Å². The van der Waals surface area contributed by atoms with Gasteiger partial charge in [0.2, 0.25) is 5.96 Å². The maximum atomic E-state index is 11.7. The minimum Gasteiger partial charge on any atom is -0.495 e. The molecule has 1 aromatic carbocycles. The van der Waals surface area contributed by atoms with Crippen LogP contribution in [0, 0.1) is 0 Å². The molecule has 9 heteroatoms. The zero-order valence-corrected chi connectivity index (χ0v) is 12.5. The van der Waals surface area contributed by atoms with E-state index in [9.17, 15) is 4.79 Å². The topological polar surface area (TPSA) is 138 Å². The summed E-state index contributed by atoms with van der Waals surface area (Å²) in [4.78, 5) is 19.2. The van der Waals surface area contributed by atoms with E-state index in [-0.39, 0.29) is 23.2 Å². The van der Waals surface area contributed by atoms with E-state index in [4.69, 9.17) is 21.9 Å². The first-order chi connectivity index (χ1) is 9.38. The van der Waals surface area contributed by atoms with Gasteiger partial charge in [0.05, 0.1) is 29.9 Å². The second-order valence-corrected chi connectivity index (χ2v) is 4.36. The van der Waals surface area contributed by atoms with Gasteiger partial charge in [0.15, 0.2) is 5.96 Å². The van der Waals surface area contributed by atoms with E-state index in [1.807, 2.05) is 0 Å². The lowest BCUT2D eigenvalue weighted by Gasteiger charge is -2.09. The van der Waals surface area contributed by atoms with Crippen molar-refractivity contribution in [3.8, 4) is 5.75 Å². The molecule has 0 atom stereocenters. The predicted molar refractivity (Wildman–Crippen MR) is 79.1 cm³/mol. The van der Waals surface area contributed by atoms with E-state index in [2.05, 4.69) is 30.7 Å². The number of hydrogen-bond donors (Lipinski definition) is 3. The molecule has 0 radical (unpaired) electrons. The number of guanidine groups is 2. The smallest absolute Gasteiger partial charge is 0.340 e. The normalized spacial score (nSPS) is 10.8. The number of halogens is 1. The second kappa shape index (κ2) is 6.75. The molecule has 0 heterocycles. The molecule has 0 aliphatic rings. The minimum absolute atomic E-state index is 0.189. The first-order valence-electron chi connectivity index (χ1n) is 5.28. The molecule has 0 aromatic heterocycles. The highest BCUT2D eigenvalue weighted by atomic mass is 79.9. The number of aliphatic imine (C=N–C) groups is 2. The van der Waals surface area contributed by atoms with Gasteiger partial charge in [-0.2, -0.15) is 4.99 Å². The largest absolute Gasteiger partial charge is 0.495 e. The summed E-state index contributed by atoms with van der Waals surface area (Å²) in [7, 11) is 2.73. The molecular weight excluding hydrogens is 330 g/mol. The Morgan fingerprint density at radius 1 is 1.25 bits per heavy atom. The number of ether oxygens (including phenoxy) is 2. The molecule has 0 spiro atoms. The van der Waals surface area contributed by atoms with Crippen molar-refractivity contribution in [2.45, 2.75) is 0 Å². The summed E-state index contributed by atoms with van der Waals surface area (Å²) in [5.74, 6) is -0.548. The molecule has 6 N–H and O–H groups in total. The Morgan fingerprint density at radius 2 is 1.90 bits per heavy atom. The van der Waals surface area contributed by atoms with Crippen molar-refractivity contribution in [1.82, 2.24) is 0 Å². The van der Waals surface area contributed by atoms with E-state index in [1.165, 1.54) is 26.4 Å². The number of hydrogen-bond acceptors (Lipinski definition) is 4. The van der Waals surface area contributed by atoms with Crippen molar-refractivity contribution < 1.29 is 14.3 Å². The van der Waals surface area contributed by atoms with Crippen molar-refractivity contribution in [2.75, 3.05) is 14.2 Å². The zero-order chi connectivity index (χ0) is 15.3. The molecule has 0 saturated carbocycles. The van der Waals surface area contributed by atoms with Gasteiger partial charge < -0.3 is 26.7 Å². The number of nitrogens with zero attached hydrogens (tertiary/aromatic N) is 2. The molecule has 0 bridgehead atoms. The third-order valence-electron chi connectivity index (χ3n) is 2.15. The monoisotopic (exact) mass is 343 g/mol. The van der Waals surface area contributed by atoms with Gasteiger partial charge in [-0.3, -0.25) is 0 Å². The molecule has 0 saturated heterocycles. The minimum atomic E-state index is -0.579. The van der Waals surface area contributed by atoms with Crippen LogP contribution in [0.15, 0.2) is 26.6 Å². The number of nitrogens with two attached hydrogens (primary N) is 3. The number of esters is 1. The van der Waals surface area contributed by atoms with Crippen LogP contribution in [0.3, 0.4) is 0 Å². The van der Waals surface area contributed by atoms with Gasteiger partial charge in [-0.05, 0) is 22.0 Å². The summed E-state index contributed by atoms with van der Waals surface area (Å²) in [6.07, 6.45) is 0. The highest BCUT2D eigenvalue weighted by molar-refractivity contribution is 9.10. The Morgan fingerprint density at radius 3 is 2.40 bits per heavy atom. The number of rotatable bonds is 3. The molecule has 1 aromatic rings. The number of carbonyl (C=O) groups is 1. The predicted octanol–water partition coefficient (Wildman–Crippen LogP) is 0.464. The molecule has 0 aliphatic heterocycles. The van der Waals surface area contributed by atoms with Crippen LogP contribution in [0.25, 0.3) is 0 Å². The molecule has 108 valence electrons. The van der Waals surface area contributed by atoms with Gasteiger partial charge in [-0.15, -0.1) is 0 Å². The van der Waals surface area contributed by atoms with Crippen molar-refractivity contribution in [3.63, 3.8) is 0 Å². The Kier molecular flexibility index (Phi) is 5.32. The van der Waals surface area contributed by atoms with E-state index < -0.39 is 5.97 Å². The first kappa shape index (κ1) is 15.8. The Hall–Kier alpha value is -2.29. The van der Waals surface area contributed by atoms with E-state index in [0.29, 0.717) is 10.2 Å². The zero-order valence-electron chi connectivity index (χ0n) is 10.9. The number of methoxy groups -OCH3 is 2. The van der Waals surface area contributed by atoms with Crippen LogP contribution in [-0.2, 0) is 4.74 Å². The van der Waals surface area contributed by atoms with Crippen LogP contribution < -0.4 is 21.9 Å². The fourth-order valence-corrected chi connectivity index (χ4v) is 1.85. The summed E-state index contributed by atoms with van der Waals surface area (Å²) < 4.78 is 10.4. The average Bonchev–Trinajstić information content (AvgIpc) is 2.38. The fraction of sp³-hybridized carbons (Fsp3) is 0.182. The van der Waals surface area contributed by atoms with Crippen LogP contribution in [-0.4, -0.2) is 32.1 Å². The summed E-state index contributed by atoms with van der Waals surface area (Å²) in [6.45, 7) is 0. The third-order valence-corrected chi connectivity index (χ3v) is 2.77. The van der Waals surface area contributed by atoms with Gasteiger partial charge in [0, 0.05) is 6.07 Å². The lowest BCUT2D eigenvalue weighted by Crippen LogP contribution is -2.26. The molecule has 20 heavy (non-hydrogen) atoms. The van der Waals surface area contributed by atoms with E-state index in [0.717, 1.165) is 0 Å². The van der Waals surface area contributed by atoms with Gasteiger partial charge in [0.1, 0.15) is 5.75 Å². The van der Waals surface area contributed by atoms with Crippen LogP contribution in [0.5, 0.6) is 5.75 Å². The molecule has 8 nitrogen and oxygen atoms in total. The second-order valence-electron chi connectivity index (χ2n) is 3.50. The van der Waals surface area contributed by atoms with Crippen LogP contribution in [0.1, 0.15) is 10.4 Å². The maximum Gasteiger partial charge on any atom is 0.340 e. The lowest BCUT2D eigenvalue weighted by atomic mass is 10.1. The molecule has 1 rings (SSSR count). The Bertz CT molecular complexity index is 582. The standard InChI is InChI=1S/C11H14BrN5O3/c1-19-8-4-7(16-11(15)17-10(13)14)5(3-6(8)12)9(18)20-2/h3-4H,1-2H3,(H6,13,14,15,16,17). The molecule has 0 aliphatic carbocycles. The first-order valence-corrected chi connectivity index (χ1v) is 6.08.